The Morgan fingerprint density at radius 2 is 1.87 bits per heavy atom. The summed E-state index contributed by atoms with van der Waals surface area (Å²) >= 11 is 4.04. The lowest BCUT2D eigenvalue weighted by Crippen LogP contribution is -2.43. The third-order valence-corrected chi connectivity index (χ3v) is 2.52. The molecular formula is C10H19NO3S. The SMILES string of the molecule is CC(C)CC(=O)NC(CS)C(C)C(=O)O. The highest BCUT2D eigenvalue weighted by molar-refractivity contribution is 7.80. The van der Waals surface area contributed by atoms with Crippen LogP contribution in [0.1, 0.15) is 27.2 Å². The van der Waals surface area contributed by atoms with Crippen molar-refractivity contribution in [2.24, 2.45) is 11.8 Å². The molecule has 4 nitrogen and oxygen atoms in total. The second-order valence-electron chi connectivity index (χ2n) is 4.08. The topological polar surface area (TPSA) is 66.4 Å². The largest absolute Gasteiger partial charge is 0.481 e. The first-order valence-electron chi connectivity index (χ1n) is 5.01. The molecule has 0 aliphatic carbocycles. The van der Waals surface area contributed by atoms with Gasteiger partial charge in [0.25, 0.3) is 0 Å². The highest BCUT2D eigenvalue weighted by atomic mass is 32.1. The molecule has 0 rings (SSSR count). The van der Waals surface area contributed by atoms with Crippen LogP contribution in [-0.4, -0.2) is 28.8 Å². The molecule has 0 saturated carbocycles. The van der Waals surface area contributed by atoms with Crippen LogP contribution in [0.5, 0.6) is 0 Å². The van der Waals surface area contributed by atoms with Gasteiger partial charge in [-0.2, -0.15) is 12.6 Å². The zero-order chi connectivity index (χ0) is 12.0. The summed E-state index contributed by atoms with van der Waals surface area (Å²) in [6.07, 6.45) is 0.413. The number of hydrogen-bond acceptors (Lipinski definition) is 3. The van der Waals surface area contributed by atoms with E-state index in [9.17, 15) is 9.59 Å². The highest BCUT2D eigenvalue weighted by Crippen LogP contribution is 2.07. The normalized spacial score (nSPS) is 14.7. The molecule has 0 radical (unpaired) electrons. The molecule has 1 amide bonds. The maximum absolute atomic E-state index is 11.4. The van der Waals surface area contributed by atoms with Crippen molar-refractivity contribution in [3.8, 4) is 0 Å². The molecule has 0 saturated heterocycles. The number of hydrogen-bond donors (Lipinski definition) is 3. The highest BCUT2D eigenvalue weighted by Gasteiger charge is 2.23. The minimum atomic E-state index is -0.918. The predicted octanol–water partition coefficient (Wildman–Crippen LogP) is 1.17. The molecule has 88 valence electrons. The van der Waals surface area contributed by atoms with Crippen molar-refractivity contribution >= 4 is 24.5 Å². The monoisotopic (exact) mass is 233 g/mol. The maximum atomic E-state index is 11.4. The van der Waals surface area contributed by atoms with E-state index in [4.69, 9.17) is 5.11 Å². The van der Waals surface area contributed by atoms with Gasteiger partial charge < -0.3 is 10.4 Å². The second-order valence-corrected chi connectivity index (χ2v) is 4.45. The molecular weight excluding hydrogens is 214 g/mol. The molecule has 2 N–H and O–H groups in total. The number of carboxylic acid groups (broad SMARTS) is 1. The standard InChI is InChI=1S/C10H19NO3S/c1-6(2)4-9(12)11-8(5-15)7(3)10(13)14/h6-8,15H,4-5H2,1-3H3,(H,11,12)(H,13,14). The molecule has 0 heterocycles. The molecule has 0 bridgehead atoms. The predicted molar refractivity (Wildman–Crippen MR) is 62.0 cm³/mol. The van der Waals surface area contributed by atoms with E-state index in [0.717, 1.165) is 0 Å². The van der Waals surface area contributed by atoms with Crippen LogP contribution in [0.3, 0.4) is 0 Å². The van der Waals surface area contributed by atoms with Gasteiger partial charge >= 0.3 is 5.97 Å². The molecule has 2 unspecified atom stereocenters. The zero-order valence-corrected chi connectivity index (χ0v) is 10.3. The van der Waals surface area contributed by atoms with Gasteiger partial charge in [0.05, 0.1) is 12.0 Å². The van der Waals surface area contributed by atoms with E-state index in [0.29, 0.717) is 12.2 Å². The van der Waals surface area contributed by atoms with Gasteiger partial charge in [0.2, 0.25) is 5.91 Å². The Bertz CT molecular complexity index is 231. The quantitative estimate of drug-likeness (QED) is 0.603. The van der Waals surface area contributed by atoms with Crippen LogP contribution < -0.4 is 5.32 Å². The van der Waals surface area contributed by atoms with Crippen LogP contribution in [0, 0.1) is 11.8 Å². The minimum Gasteiger partial charge on any atom is -0.481 e. The summed E-state index contributed by atoms with van der Waals surface area (Å²) in [5, 5.41) is 11.5. The van der Waals surface area contributed by atoms with E-state index in [1.807, 2.05) is 13.8 Å². The second kappa shape index (κ2) is 6.71. The van der Waals surface area contributed by atoms with Crippen LogP contribution in [0.4, 0.5) is 0 Å². The van der Waals surface area contributed by atoms with E-state index in [2.05, 4.69) is 17.9 Å². The number of carbonyl (C=O) groups excluding carboxylic acids is 1. The molecule has 0 aromatic carbocycles. The van der Waals surface area contributed by atoms with Crippen LogP contribution in [0.25, 0.3) is 0 Å². The van der Waals surface area contributed by atoms with Crippen LogP contribution in [0.15, 0.2) is 0 Å². The van der Waals surface area contributed by atoms with Crippen molar-refractivity contribution in [1.82, 2.24) is 5.32 Å². The third kappa shape index (κ3) is 5.67. The summed E-state index contributed by atoms with van der Waals surface area (Å²) in [6.45, 7) is 5.45. The van der Waals surface area contributed by atoms with Gasteiger partial charge in [0.15, 0.2) is 0 Å². The smallest absolute Gasteiger partial charge is 0.308 e. The fraction of sp³-hybridized carbons (Fsp3) is 0.800. The maximum Gasteiger partial charge on any atom is 0.308 e. The molecule has 0 aromatic heterocycles. The molecule has 0 fully saturated rings. The van der Waals surface area contributed by atoms with Gasteiger partial charge in [-0.05, 0) is 12.8 Å². The third-order valence-electron chi connectivity index (χ3n) is 2.13. The lowest BCUT2D eigenvalue weighted by atomic mass is 10.0. The molecule has 0 aromatic rings. The number of thiol groups is 1. The van der Waals surface area contributed by atoms with Gasteiger partial charge in [0, 0.05) is 12.2 Å². The summed E-state index contributed by atoms with van der Waals surface area (Å²) in [6, 6.07) is -0.405. The van der Waals surface area contributed by atoms with Gasteiger partial charge in [-0.1, -0.05) is 13.8 Å². The van der Waals surface area contributed by atoms with E-state index in [1.165, 1.54) is 0 Å². The molecule has 2 atom stereocenters. The average Bonchev–Trinajstić information content (AvgIpc) is 2.11. The van der Waals surface area contributed by atoms with Gasteiger partial charge in [-0.3, -0.25) is 9.59 Å². The van der Waals surface area contributed by atoms with Gasteiger partial charge in [0.1, 0.15) is 0 Å². The zero-order valence-electron chi connectivity index (χ0n) is 9.36. The summed E-state index contributed by atoms with van der Waals surface area (Å²) < 4.78 is 0. The summed E-state index contributed by atoms with van der Waals surface area (Å²) in [4.78, 5) is 22.1. The van der Waals surface area contributed by atoms with Crippen molar-refractivity contribution in [1.29, 1.82) is 0 Å². The summed E-state index contributed by atoms with van der Waals surface area (Å²) in [5.74, 6) is -1.04. The minimum absolute atomic E-state index is 0.114. The van der Waals surface area contributed by atoms with Crippen molar-refractivity contribution in [2.75, 3.05) is 5.75 Å². The number of aliphatic carboxylic acids is 1. The van der Waals surface area contributed by atoms with Crippen LogP contribution in [0.2, 0.25) is 0 Å². The first-order valence-corrected chi connectivity index (χ1v) is 5.64. The molecule has 0 aliphatic heterocycles. The van der Waals surface area contributed by atoms with Crippen LogP contribution in [-0.2, 0) is 9.59 Å². The van der Waals surface area contributed by atoms with E-state index < -0.39 is 17.9 Å². The molecule has 5 heteroatoms. The molecule has 0 aliphatic rings. The van der Waals surface area contributed by atoms with Crippen molar-refractivity contribution in [3.63, 3.8) is 0 Å². The summed E-state index contributed by atoms with van der Waals surface area (Å²) in [7, 11) is 0. The van der Waals surface area contributed by atoms with Crippen molar-refractivity contribution < 1.29 is 14.7 Å². The number of rotatable bonds is 6. The Balaban J connectivity index is 4.21. The number of amides is 1. The first-order chi connectivity index (χ1) is 6.88. The fourth-order valence-electron chi connectivity index (χ4n) is 1.14. The van der Waals surface area contributed by atoms with Crippen LogP contribution >= 0.6 is 12.6 Å². The Labute approximate surface area is 95.8 Å². The van der Waals surface area contributed by atoms with Gasteiger partial charge in [-0.15, -0.1) is 0 Å². The van der Waals surface area contributed by atoms with Crippen molar-refractivity contribution in [3.05, 3.63) is 0 Å². The Hall–Kier alpha value is -0.710. The van der Waals surface area contributed by atoms with Crippen molar-refractivity contribution in [2.45, 2.75) is 33.2 Å². The Kier molecular flexibility index (Phi) is 6.40. The fourth-order valence-corrected chi connectivity index (χ4v) is 1.54. The van der Waals surface area contributed by atoms with Gasteiger partial charge in [-0.25, -0.2) is 0 Å². The Morgan fingerprint density at radius 1 is 1.33 bits per heavy atom. The number of carboxylic acids is 1. The number of nitrogens with one attached hydrogen (secondary N) is 1. The lowest BCUT2D eigenvalue weighted by molar-refractivity contribution is -0.142. The summed E-state index contributed by atoms with van der Waals surface area (Å²) in [5.41, 5.74) is 0. The van der Waals surface area contributed by atoms with E-state index in [-0.39, 0.29) is 11.8 Å². The lowest BCUT2D eigenvalue weighted by Gasteiger charge is -2.20. The number of carbonyl (C=O) groups is 2. The van der Waals surface area contributed by atoms with E-state index >= 15 is 0 Å². The first kappa shape index (κ1) is 14.3. The Morgan fingerprint density at radius 3 is 2.20 bits per heavy atom. The molecule has 15 heavy (non-hydrogen) atoms. The van der Waals surface area contributed by atoms with E-state index in [1.54, 1.807) is 6.92 Å². The molecule has 0 spiro atoms. The average molecular weight is 233 g/mol.